The van der Waals surface area contributed by atoms with Crippen LogP contribution >= 0.6 is 34.8 Å². The van der Waals surface area contributed by atoms with Gasteiger partial charge in [-0.2, -0.15) is 0 Å². The quantitative estimate of drug-likeness (QED) is 0.667. The summed E-state index contributed by atoms with van der Waals surface area (Å²) in [4.78, 5) is 0. The van der Waals surface area contributed by atoms with Gasteiger partial charge in [-0.05, 0) is 32.0 Å². The van der Waals surface area contributed by atoms with E-state index in [0.29, 0.717) is 21.6 Å². The van der Waals surface area contributed by atoms with Gasteiger partial charge in [0.05, 0.1) is 26.9 Å². The molecule has 2 aromatic rings. The lowest BCUT2D eigenvalue weighted by molar-refractivity contribution is 0.240. The van der Waals surface area contributed by atoms with Crippen molar-refractivity contribution in [2.24, 2.45) is 0 Å². The van der Waals surface area contributed by atoms with Crippen LogP contribution in [0.1, 0.15) is 19.4 Å². The summed E-state index contributed by atoms with van der Waals surface area (Å²) in [5, 5.41) is 4.70. The first-order valence-electron chi connectivity index (χ1n) is 6.60. The summed E-state index contributed by atoms with van der Waals surface area (Å²) in [6, 6.07) is 11.2. The highest BCUT2D eigenvalue weighted by molar-refractivity contribution is 6.44. The fourth-order valence-corrected chi connectivity index (χ4v) is 2.48. The standard InChI is InChI=1S/C16H16Cl3NO/c1-10(2)21-16-6-4-3-5-11(16)9-20-15-8-13(18)12(17)7-14(15)19/h3-8,10,20H,9H2,1-2H3. The SMILES string of the molecule is CC(C)Oc1ccccc1CNc1cc(Cl)c(Cl)cc1Cl. The van der Waals surface area contributed by atoms with Crippen LogP contribution in [0.4, 0.5) is 5.69 Å². The number of benzene rings is 2. The molecule has 0 unspecified atom stereocenters. The first-order chi connectivity index (χ1) is 9.97. The molecular weight excluding hydrogens is 329 g/mol. The van der Waals surface area contributed by atoms with Crippen LogP contribution in [0.3, 0.4) is 0 Å². The van der Waals surface area contributed by atoms with Crippen LogP contribution < -0.4 is 10.1 Å². The first kappa shape index (κ1) is 16.3. The van der Waals surface area contributed by atoms with Gasteiger partial charge in [0, 0.05) is 12.1 Å². The third kappa shape index (κ3) is 4.44. The minimum Gasteiger partial charge on any atom is -0.491 e. The molecule has 21 heavy (non-hydrogen) atoms. The smallest absolute Gasteiger partial charge is 0.124 e. The molecule has 0 bridgehead atoms. The first-order valence-corrected chi connectivity index (χ1v) is 7.73. The van der Waals surface area contributed by atoms with Gasteiger partial charge in [0.15, 0.2) is 0 Å². The average molecular weight is 345 g/mol. The van der Waals surface area contributed by atoms with Crippen LogP contribution in [0.5, 0.6) is 5.75 Å². The van der Waals surface area contributed by atoms with Crippen molar-refractivity contribution in [2.75, 3.05) is 5.32 Å². The van der Waals surface area contributed by atoms with E-state index in [-0.39, 0.29) is 6.10 Å². The van der Waals surface area contributed by atoms with E-state index >= 15 is 0 Å². The normalized spacial score (nSPS) is 10.8. The van der Waals surface area contributed by atoms with Gasteiger partial charge < -0.3 is 10.1 Å². The van der Waals surface area contributed by atoms with Gasteiger partial charge in [-0.15, -0.1) is 0 Å². The second kappa shape index (κ2) is 7.26. The summed E-state index contributed by atoms with van der Waals surface area (Å²) in [6.07, 6.45) is 0.125. The van der Waals surface area contributed by atoms with E-state index in [1.165, 1.54) is 0 Å². The molecular formula is C16H16Cl3NO. The number of anilines is 1. The lowest BCUT2D eigenvalue weighted by Crippen LogP contribution is -2.09. The van der Waals surface area contributed by atoms with E-state index in [4.69, 9.17) is 39.5 Å². The van der Waals surface area contributed by atoms with Crippen molar-refractivity contribution in [3.8, 4) is 5.75 Å². The molecule has 0 amide bonds. The molecule has 0 aliphatic rings. The van der Waals surface area contributed by atoms with Crippen LogP contribution in [0, 0.1) is 0 Å². The van der Waals surface area contributed by atoms with Gasteiger partial charge in [-0.1, -0.05) is 53.0 Å². The maximum Gasteiger partial charge on any atom is 0.124 e. The van der Waals surface area contributed by atoms with E-state index in [1.807, 2.05) is 38.1 Å². The molecule has 0 aromatic heterocycles. The van der Waals surface area contributed by atoms with E-state index in [9.17, 15) is 0 Å². The van der Waals surface area contributed by atoms with Gasteiger partial charge >= 0.3 is 0 Å². The Morgan fingerprint density at radius 1 is 1.00 bits per heavy atom. The van der Waals surface area contributed by atoms with Crippen molar-refractivity contribution in [1.82, 2.24) is 0 Å². The molecule has 0 aliphatic heterocycles. The van der Waals surface area contributed by atoms with Crippen LogP contribution in [-0.4, -0.2) is 6.10 Å². The fourth-order valence-electron chi connectivity index (χ4n) is 1.87. The van der Waals surface area contributed by atoms with Gasteiger partial charge in [0.1, 0.15) is 5.75 Å². The van der Waals surface area contributed by atoms with E-state index in [2.05, 4.69) is 5.32 Å². The summed E-state index contributed by atoms with van der Waals surface area (Å²) in [6.45, 7) is 4.58. The predicted octanol–water partition coefficient (Wildman–Crippen LogP) is 6.05. The molecule has 2 aromatic carbocycles. The van der Waals surface area contributed by atoms with Gasteiger partial charge in [0.25, 0.3) is 0 Å². The molecule has 0 spiro atoms. The average Bonchev–Trinajstić information content (AvgIpc) is 2.42. The Kier molecular flexibility index (Phi) is 5.63. The summed E-state index contributed by atoms with van der Waals surface area (Å²) in [5.74, 6) is 0.858. The van der Waals surface area contributed by atoms with Gasteiger partial charge in [-0.25, -0.2) is 0 Å². The largest absolute Gasteiger partial charge is 0.491 e. The molecule has 2 nitrogen and oxygen atoms in total. The fraction of sp³-hybridized carbons (Fsp3) is 0.250. The monoisotopic (exact) mass is 343 g/mol. The second-order valence-electron chi connectivity index (χ2n) is 4.87. The van der Waals surface area contributed by atoms with Crippen LogP contribution in [0.15, 0.2) is 36.4 Å². The molecule has 0 saturated carbocycles. The molecule has 2 rings (SSSR count). The van der Waals surface area contributed by atoms with Crippen LogP contribution in [0.2, 0.25) is 15.1 Å². The molecule has 0 radical (unpaired) electrons. The molecule has 0 atom stereocenters. The zero-order valence-corrected chi connectivity index (χ0v) is 14.1. The van der Waals surface area contributed by atoms with Crippen molar-refractivity contribution >= 4 is 40.5 Å². The molecule has 112 valence electrons. The third-order valence-corrected chi connectivity index (χ3v) is 3.85. The third-order valence-electron chi connectivity index (χ3n) is 2.81. The highest BCUT2D eigenvalue weighted by Gasteiger charge is 2.08. The Bertz CT molecular complexity index is 629. The zero-order chi connectivity index (χ0) is 15.4. The molecule has 1 N–H and O–H groups in total. The molecule has 0 aliphatic carbocycles. The van der Waals surface area contributed by atoms with Crippen molar-refractivity contribution in [3.63, 3.8) is 0 Å². The van der Waals surface area contributed by atoms with Crippen molar-refractivity contribution in [3.05, 3.63) is 57.0 Å². The summed E-state index contributed by atoms with van der Waals surface area (Å²) < 4.78 is 5.79. The number of hydrogen-bond acceptors (Lipinski definition) is 2. The second-order valence-corrected chi connectivity index (χ2v) is 6.10. The Morgan fingerprint density at radius 3 is 2.38 bits per heavy atom. The Morgan fingerprint density at radius 2 is 1.67 bits per heavy atom. The number of para-hydroxylation sites is 1. The van der Waals surface area contributed by atoms with Gasteiger partial charge in [0.2, 0.25) is 0 Å². The number of halogens is 3. The molecule has 0 heterocycles. The Hall–Kier alpha value is -1.09. The predicted molar refractivity (Wildman–Crippen MR) is 91.0 cm³/mol. The topological polar surface area (TPSA) is 21.3 Å². The molecule has 0 fully saturated rings. The van der Waals surface area contributed by atoms with E-state index in [0.717, 1.165) is 17.0 Å². The number of nitrogens with one attached hydrogen (secondary N) is 1. The van der Waals surface area contributed by atoms with Crippen molar-refractivity contribution < 1.29 is 4.74 Å². The zero-order valence-electron chi connectivity index (χ0n) is 11.8. The van der Waals surface area contributed by atoms with Crippen LogP contribution in [0.25, 0.3) is 0 Å². The van der Waals surface area contributed by atoms with E-state index < -0.39 is 0 Å². The maximum atomic E-state index is 6.16. The Labute approximate surface area is 140 Å². The minimum absolute atomic E-state index is 0.125. The summed E-state index contributed by atoms with van der Waals surface area (Å²) in [5.41, 5.74) is 1.79. The van der Waals surface area contributed by atoms with Crippen molar-refractivity contribution in [2.45, 2.75) is 26.5 Å². The lowest BCUT2D eigenvalue weighted by Gasteiger charge is -2.15. The van der Waals surface area contributed by atoms with Gasteiger partial charge in [-0.3, -0.25) is 0 Å². The summed E-state index contributed by atoms with van der Waals surface area (Å²) in [7, 11) is 0. The molecule has 5 heteroatoms. The number of ether oxygens (including phenoxy) is 1. The summed E-state index contributed by atoms with van der Waals surface area (Å²) >= 11 is 18.1. The molecule has 0 saturated heterocycles. The minimum atomic E-state index is 0.125. The van der Waals surface area contributed by atoms with E-state index in [1.54, 1.807) is 12.1 Å². The highest BCUT2D eigenvalue weighted by atomic mass is 35.5. The Balaban J connectivity index is 2.15. The highest BCUT2D eigenvalue weighted by Crippen LogP contribution is 2.33. The maximum absolute atomic E-state index is 6.16. The van der Waals surface area contributed by atoms with Crippen molar-refractivity contribution in [1.29, 1.82) is 0 Å². The number of hydrogen-bond donors (Lipinski definition) is 1. The lowest BCUT2D eigenvalue weighted by atomic mass is 10.2. The number of rotatable bonds is 5. The van der Waals surface area contributed by atoms with Crippen LogP contribution in [-0.2, 0) is 6.54 Å².